The Bertz CT molecular complexity index is 985. The van der Waals surface area contributed by atoms with Crippen LogP contribution in [-0.4, -0.2) is 30.0 Å². The highest BCUT2D eigenvalue weighted by atomic mass is 16.5. The van der Waals surface area contributed by atoms with E-state index in [0.717, 1.165) is 22.8 Å². The topological polar surface area (TPSA) is 86.5 Å². The Morgan fingerprint density at radius 1 is 1.21 bits per heavy atom. The quantitative estimate of drug-likeness (QED) is 0.700. The second-order valence-corrected chi connectivity index (χ2v) is 6.62. The fourth-order valence-corrected chi connectivity index (χ4v) is 3.49. The van der Waals surface area contributed by atoms with Gasteiger partial charge in [0.05, 0.1) is 38.3 Å². The molecule has 2 aromatic heterocycles. The predicted molar refractivity (Wildman–Crippen MR) is 103 cm³/mol. The first-order valence-electron chi connectivity index (χ1n) is 9.05. The number of carbonyl (C=O) groups excluding carboxylic acids is 1. The molecule has 2 heterocycles. The lowest BCUT2D eigenvalue weighted by atomic mass is 9.82. The largest absolute Gasteiger partial charge is 0.497 e. The van der Waals surface area contributed by atoms with Crippen molar-refractivity contribution in [2.45, 2.75) is 25.3 Å². The Morgan fingerprint density at radius 3 is 2.86 bits per heavy atom. The summed E-state index contributed by atoms with van der Waals surface area (Å²) in [6.45, 7) is 0.482. The Labute approximate surface area is 162 Å². The number of carbonyl (C=O) groups is 1. The Hall–Kier alpha value is -3.35. The van der Waals surface area contributed by atoms with Gasteiger partial charge < -0.3 is 19.2 Å². The van der Waals surface area contributed by atoms with Crippen LogP contribution >= 0.6 is 0 Å². The van der Waals surface area contributed by atoms with Gasteiger partial charge in [-0.3, -0.25) is 4.79 Å². The number of rotatable bonds is 6. The average molecular weight is 379 g/mol. The minimum atomic E-state index is -0.00585. The van der Waals surface area contributed by atoms with Gasteiger partial charge in [0.1, 0.15) is 17.3 Å². The summed E-state index contributed by atoms with van der Waals surface area (Å²) in [5, 5.41) is 3.14. The monoisotopic (exact) mass is 379 g/mol. The summed E-state index contributed by atoms with van der Waals surface area (Å²) in [7, 11) is 3.23. The zero-order chi connectivity index (χ0) is 19.5. The number of furan rings is 1. The van der Waals surface area contributed by atoms with Crippen molar-refractivity contribution in [2.24, 2.45) is 0 Å². The number of hydrogen-bond acceptors (Lipinski definition) is 7. The molecule has 0 unspecified atom stereocenters. The summed E-state index contributed by atoms with van der Waals surface area (Å²) >= 11 is 0. The van der Waals surface area contributed by atoms with E-state index in [4.69, 9.17) is 13.9 Å². The van der Waals surface area contributed by atoms with Crippen LogP contribution in [0.15, 0.2) is 47.2 Å². The maximum atomic E-state index is 12.7. The van der Waals surface area contributed by atoms with E-state index in [-0.39, 0.29) is 11.7 Å². The van der Waals surface area contributed by atoms with Gasteiger partial charge in [0.15, 0.2) is 5.78 Å². The minimum absolute atomic E-state index is 0.00585. The van der Waals surface area contributed by atoms with E-state index < -0.39 is 0 Å². The lowest BCUT2D eigenvalue weighted by Crippen LogP contribution is -2.21. The van der Waals surface area contributed by atoms with Crippen LogP contribution in [0.5, 0.6) is 11.5 Å². The molecule has 0 bridgehead atoms. The first-order valence-corrected chi connectivity index (χ1v) is 9.05. The van der Waals surface area contributed by atoms with Gasteiger partial charge in [0.2, 0.25) is 5.95 Å². The van der Waals surface area contributed by atoms with Crippen LogP contribution < -0.4 is 14.8 Å². The zero-order valence-corrected chi connectivity index (χ0v) is 15.8. The van der Waals surface area contributed by atoms with Crippen molar-refractivity contribution in [3.63, 3.8) is 0 Å². The lowest BCUT2D eigenvalue weighted by molar-refractivity contribution is 0.0962. The Morgan fingerprint density at radius 2 is 2.11 bits per heavy atom. The smallest absolute Gasteiger partial charge is 0.223 e. The van der Waals surface area contributed by atoms with Crippen molar-refractivity contribution < 1.29 is 18.7 Å². The fraction of sp³-hybridized carbons (Fsp3) is 0.286. The summed E-state index contributed by atoms with van der Waals surface area (Å²) in [5.74, 6) is 2.74. The number of methoxy groups -OCH3 is 2. The van der Waals surface area contributed by atoms with Gasteiger partial charge >= 0.3 is 0 Å². The minimum Gasteiger partial charge on any atom is -0.497 e. The van der Waals surface area contributed by atoms with Crippen LogP contribution in [0.2, 0.25) is 0 Å². The molecule has 1 aromatic carbocycles. The van der Waals surface area contributed by atoms with Crippen molar-refractivity contribution in [3.8, 4) is 11.5 Å². The molecule has 0 aliphatic heterocycles. The summed E-state index contributed by atoms with van der Waals surface area (Å²) in [5.41, 5.74) is 2.31. The number of nitrogens with zero attached hydrogens (tertiary/aromatic N) is 2. The van der Waals surface area contributed by atoms with E-state index in [9.17, 15) is 4.79 Å². The fourth-order valence-electron chi connectivity index (χ4n) is 3.49. The van der Waals surface area contributed by atoms with Crippen molar-refractivity contribution in [1.82, 2.24) is 9.97 Å². The second-order valence-electron chi connectivity index (χ2n) is 6.62. The molecule has 28 heavy (non-hydrogen) atoms. The molecule has 144 valence electrons. The molecule has 0 radical (unpaired) electrons. The maximum Gasteiger partial charge on any atom is 0.223 e. The third-order valence-corrected chi connectivity index (χ3v) is 4.92. The number of ether oxygens (including phenoxy) is 2. The molecule has 7 heteroatoms. The average Bonchev–Trinajstić information content (AvgIpc) is 3.25. The van der Waals surface area contributed by atoms with Gasteiger partial charge in [0, 0.05) is 24.6 Å². The molecule has 0 fully saturated rings. The van der Waals surface area contributed by atoms with Gasteiger partial charge in [-0.1, -0.05) is 6.07 Å². The summed E-state index contributed by atoms with van der Waals surface area (Å²) in [6.07, 6.45) is 4.27. The molecule has 0 saturated carbocycles. The molecule has 0 spiro atoms. The number of fused-ring (bicyclic) bond motifs is 1. The van der Waals surface area contributed by atoms with E-state index in [2.05, 4.69) is 15.3 Å². The van der Waals surface area contributed by atoms with E-state index in [1.807, 2.05) is 30.3 Å². The van der Waals surface area contributed by atoms with E-state index in [1.54, 1.807) is 26.7 Å². The van der Waals surface area contributed by atoms with Crippen LogP contribution in [0.1, 0.15) is 39.7 Å². The molecule has 1 N–H and O–H groups in total. The van der Waals surface area contributed by atoms with E-state index in [0.29, 0.717) is 36.6 Å². The SMILES string of the molecule is COc1ccc([C@H]2CC(=O)c3cnc(NCc4ccco4)nc3C2)c(OC)c1. The third kappa shape index (κ3) is 3.55. The van der Waals surface area contributed by atoms with Gasteiger partial charge in [-0.25, -0.2) is 9.97 Å². The standard InChI is InChI=1S/C21H21N3O4/c1-26-14-5-6-16(20(10-14)27-2)13-8-18-17(19(25)9-13)12-23-21(24-18)22-11-15-4-3-7-28-15/h3-7,10,12-13H,8-9,11H2,1-2H3,(H,22,23,24)/t13-/m1/s1. The van der Waals surface area contributed by atoms with Crippen molar-refractivity contribution >= 4 is 11.7 Å². The summed E-state index contributed by atoms with van der Waals surface area (Å²) in [4.78, 5) is 21.5. The number of aromatic nitrogens is 2. The van der Waals surface area contributed by atoms with Crippen LogP contribution in [0.3, 0.4) is 0 Å². The second kappa shape index (κ2) is 7.72. The van der Waals surface area contributed by atoms with Gasteiger partial charge in [-0.15, -0.1) is 0 Å². The highest BCUT2D eigenvalue weighted by Gasteiger charge is 2.30. The number of ketones is 1. The molecule has 1 atom stereocenters. The highest BCUT2D eigenvalue weighted by molar-refractivity contribution is 5.98. The highest BCUT2D eigenvalue weighted by Crippen LogP contribution is 2.38. The molecule has 0 saturated heterocycles. The number of Topliss-reactive ketones (excluding diaryl/α,β-unsaturated/α-hetero) is 1. The van der Waals surface area contributed by atoms with Crippen molar-refractivity contribution in [1.29, 1.82) is 0 Å². The molecular formula is C21H21N3O4. The lowest BCUT2D eigenvalue weighted by Gasteiger charge is -2.25. The van der Waals surface area contributed by atoms with E-state index in [1.165, 1.54) is 0 Å². The Balaban J connectivity index is 1.58. The molecule has 0 amide bonds. The molecule has 3 aromatic rings. The molecule has 1 aliphatic rings. The summed E-state index contributed by atoms with van der Waals surface area (Å²) < 4.78 is 16.1. The molecule has 4 rings (SSSR count). The van der Waals surface area contributed by atoms with Gasteiger partial charge in [0.25, 0.3) is 0 Å². The molecule has 1 aliphatic carbocycles. The van der Waals surface area contributed by atoms with Crippen LogP contribution in [-0.2, 0) is 13.0 Å². The van der Waals surface area contributed by atoms with Crippen LogP contribution in [0.4, 0.5) is 5.95 Å². The van der Waals surface area contributed by atoms with E-state index >= 15 is 0 Å². The Kier molecular flexibility index (Phi) is 4.97. The van der Waals surface area contributed by atoms with Crippen LogP contribution in [0.25, 0.3) is 0 Å². The van der Waals surface area contributed by atoms with Crippen LogP contribution in [0, 0.1) is 0 Å². The third-order valence-electron chi connectivity index (χ3n) is 4.92. The number of anilines is 1. The van der Waals surface area contributed by atoms with Gasteiger partial charge in [-0.2, -0.15) is 0 Å². The van der Waals surface area contributed by atoms with Crippen molar-refractivity contribution in [3.05, 3.63) is 65.4 Å². The van der Waals surface area contributed by atoms with Crippen molar-refractivity contribution in [2.75, 3.05) is 19.5 Å². The molecular weight excluding hydrogens is 358 g/mol. The summed E-state index contributed by atoms with van der Waals surface area (Å²) in [6, 6.07) is 9.38. The normalized spacial score (nSPS) is 15.8. The number of hydrogen-bond donors (Lipinski definition) is 1. The maximum absolute atomic E-state index is 12.7. The first-order chi connectivity index (χ1) is 13.7. The molecule has 7 nitrogen and oxygen atoms in total. The zero-order valence-electron chi connectivity index (χ0n) is 15.8. The predicted octanol–water partition coefficient (Wildman–Crippen LogP) is 3.61. The van der Waals surface area contributed by atoms with Gasteiger partial charge in [-0.05, 0) is 30.2 Å². The first kappa shape index (κ1) is 18.0. The number of nitrogens with one attached hydrogen (secondary N) is 1. The number of benzene rings is 1.